The highest BCUT2D eigenvalue weighted by atomic mass is 16.5. The van der Waals surface area contributed by atoms with Crippen LogP contribution in [-0.4, -0.2) is 36.2 Å². The van der Waals surface area contributed by atoms with Crippen molar-refractivity contribution < 1.29 is 14.3 Å². The van der Waals surface area contributed by atoms with Crippen LogP contribution in [0.4, 0.5) is 4.79 Å². The van der Waals surface area contributed by atoms with E-state index in [4.69, 9.17) is 14.5 Å². The largest absolute Gasteiger partial charge is 0.497 e. The predicted octanol–water partition coefficient (Wildman–Crippen LogP) is 4.88. The van der Waals surface area contributed by atoms with E-state index in [1.165, 1.54) is 23.1 Å². The maximum atomic E-state index is 12.4. The van der Waals surface area contributed by atoms with Gasteiger partial charge in [0, 0.05) is 36.0 Å². The fourth-order valence-corrected chi connectivity index (χ4v) is 5.38. The maximum absolute atomic E-state index is 12.4. The van der Waals surface area contributed by atoms with Gasteiger partial charge < -0.3 is 14.4 Å². The summed E-state index contributed by atoms with van der Waals surface area (Å²) in [7, 11) is 1.70. The van der Waals surface area contributed by atoms with Gasteiger partial charge in [-0.05, 0) is 54.2 Å². The Balaban J connectivity index is 1.60. The Morgan fingerprint density at radius 1 is 1.23 bits per heavy atom. The number of benzene rings is 2. The van der Waals surface area contributed by atoms with Crippen LogP contribution in [0.1, 0.15) is 23.2 Å². The topological polar surface area (TPSA) is 51.7 Å². The van der Waals surface area contributed by atoms with Gasteiger partial charge >= 0.3 is 6.09 Å². The predicted molar refractivity (Wildman–Crippen MR) is 120 cm³/mol. The van der Waals surface area contributed by atoms with E-state index in [9.17, 15) is 4.79 Å². The number of fused-ring (bicyclic) bond motifs is 3. The number of likely N-dealkylation sites (tertiary alicyclic amines) is 1. The normalized spacial score (nSPS) is 22.4. The van der Waals surface area contributed by atoms with Crippen LogP contribution < -0.4 is 4.74 Å². The highest BCUT2D eigenvalue weighted by Crippen LogP contribution is 2.48. The molecule has 1 aromatic heterocycles. The highest BCUT2D eigenvalue weighted by Gasteiger charge is 2.48. The molecule has 1 aliphatic heterocycles. The minimum absolute atomic E-state index is 0.0953. The van der Waals surface area contributed by atoms with Gasteiger partial charge in [-0.25, -0.2) is 4.79 Å². The summed E-state index contributed by atoms with van der Waals surface area (Å²) in [5, 5.41) is 1.16. The molecular formula is C26H26N2O3. The molecule has 0 spiro atoms. The number of nitrogens with zero attached hydrogens (tertiary/aromatic N) is 2. The van der Waals surface area contributed by atoms with Gasteiger partial charge in [0.15, 0.2) is 0 Å². The van der Waals surface area contributed by atoms with Gasteiger partial charge in [-0.3, -0.25) is 4.98 Å². The van der Waals surface area contributed by atoms with E-state index in [0.29, 0.717) is 13.1 Å². The molecule has 3 aromatic rings. The van der Waals surface area contributed by atoms with Crippen LogP contribution in [-0.2, 0) is 23.0 Å². The Bertz CT molecular complexity index is 1160. The zero-order chi connectivity index (χ0) is 21.4. The molecule has 5 nitrogen and oxygen atoms in total. The second-order valence-corrected chi connectivity index (χ2v) is 8.50. The number of ether oxygens (including phenoxy) is 2. The van der Waals surface area contributed by atoms with Crippen LogP contribution in [0.15, 0.2) is 67.4 Å². The third-order valence-corrected chi connectivity index (χ3v) is 6.98. The molecule has 1 saturated heterocycles. The molecule has 31 heavy (non-hydrogen) atoms. The van der Waals surface area contributed by atoms with Crippen LogP contribution in [0.25, 0.3) is 10.9 Å². The lowest BCUT2D eigenvalue weighted by Gasteiger charge is -2.50. The molecule has 0 radical (unpaired) electrons. The number of carbonyl (C=O) groups is 1. The van der Waals surface area contributed by atoms with Gasteiger partial charge in [0.1, 0.15) is 5.75 Å². The van der Waals surface area contributed by atoms with E-state index in [1.54, 1.807) is 7.11 Å². The number of methoxy groups -OCH3 is 1. The third-order valence-electron chi connectivity index (χ3n) is 6.98. The number of hydrogen-bond donors (Lipinski definition) is 0. The summed E-state index contributed by atoms with van der Waals surface area (Å²) in [5.74, 6) is 1.12. The molecule has 2 aliphatic rings. The molecule has 158 valence electrons. The van der Waals surface area contributed by atoms with E-state index in [-0.39, 0.29) is 17.4 Å². The first kappa shape index (κ1) is 19.6. The lowest BCUT2D eigenvalue weighted by atomic mass is 9.58. The Morgan fingerprint density at radius 3 is 2.94 bits per heavy atom. The molecule has 5 heteroatoms. The van der Waals surface area contributed by atoms with Crippen LogP contribution in [0.2, 0.25) is 0 Å². The van der Waals surface area contributed by atoms with Crippen molar-refractivity contribution in [2.75, 3.05) is 20.2 Å². The molecule has 1 aliphatic carbocycles. The first-order valence-corrected chi connectivity index (χ1v) is 10.7. The van der Waals surface area contributed by atoms with Gasteiger partial charge in [0.05, 0.1) is 18.9 Å². The molecule has 0 N–H and O–H groups in total. The van der Waals surface area contributed by atoms with E-state index >= 15 is 0 Å². The lowest BCUT2D eigenvalue weighted by Crippen LogP contribution is -2.55. The molecule has 0 bridgehead atoms. The number of piperidine rings is 1. The van der Waals surface area contributed by atoms with Crippen molar-refractivity contribution in [3.8, 4) is 5.75 Å². The average molecular weight is 415 g/mol. The first-order chi connectivity index (χ1) is 15.1. The summed E-state index contributed by atoms with van der Waals surface area (Å²) in [6.07, 6.45) is 3.47. The van der Waals surface area contributed by atoms with E-state index in [0.717, 1.165) is 35.9 Å². The Kier molecular flexibility index (Phi) is 4.89. The Labute approximate surface area is 182 Å². The van der Waals surface area contributed by atoms with Crippen molar-refractivity contribution in [2.45, 2.75) is 24.7 Å². The molecule has 5 rings (SSSR count). The smallest absolute Gasteiger partial charge is 0.414 e. The SMILES string of the molecule is C=COC(=O)N1CC[C@]2(c3cccc(OC)c3)Cc3nc4ccccc4cc3C[C@H]2C1. The quantitative estimate of drug-likeness (QED) is 0.573. The van der Waals surface area contributed by atoms with Crippen molar-refractivity contribution in [1.29, 1.82) is 0 Å². The number of para-hydroxylation sites is 1. The average Bonchev–Trinajstić information content (AvgIpc) is 2.81. The summed E-state index contributed by atoms with van der Waals surface area (Å²) >= 11 is 0. The van der Waals surface area contributed by atoms with Crippen LogP contribution in [0, 0.1) is 5.92 Å². The van der Waals surface area contributed by atoms with Gasteiger partial charge in [-0.2, -0.15) is 0 Å². The standard InChI is InChI=1S/C26H26N2O3/c1-3-31-25(29)28-12-11-26(20-8-6-9-22(15-20)30-2)16-24-19(14-21(26)17-28)13-18-7-4-5-10-23(18)27-24/h3-10,13,15,21H,1,11-12,14,16-17H2,2H3/t21-,26+/m0/s1. The summed E-state index contributed by atoms with van der Waals surface area (Å²) in [4.78, 5) is 19.3. The number of hydrogen-bond acceptors (Lipinski definition) is 4. The zero-order valence-corrected chi connectivity index (χ0v) is 17.7. The Morgan fingerprint density at radius 2 is 2.10 bits per heavy atom. The minimum atomic E-state index is -0.323. The van der Waals surface area contributed by atoms with Crippen LogP contribution in [0.5, 0.6) is 5.75 Å². The molecule has 2 atom stereocenters. The molecule has 2 heterocycles. The van der Waals surface area contributed by atoms with Crippen molar-refractivity contribution in [1.82, 2.24) is 9.88 Å². The molecule has 1 amide bonds. The zero-order valence-electron chi connectivity index (χ0n) is 17.7. The molecule has 2 aromatic carbocycles. The van der Waals surface area contributed by atoms with Gasteiger partial charge in [-0.1, -0.05) is 36.9 Å². The number of amides is 1. The fourth-order valence-electron chi connectivity index (χ4n) is 5.38. The molecule has 1 fully saturated rings. The summed E-state index contributed by atoms with van der Waals surface area (Å²) in [6, 6.07) is 18.9. The van der Waals surface area contributed by atoms with Crippen LogP contribution >= 0.6 is 0 Å². The maximum Gasteiger partial charge on any atom is 0.414 e. The van der Waals surface area contributed by atoms with E-state index in [2.05, 4.69) is 43.0 Å². The summed E-state index contributed by atoms with van der Waals surface area (Å²) in [6.45, 7) is 4.82. The van der Waals surface area contributed by atoms with Crippen molar-refractivity contribution in [3.63, 3.8) is 0 Å². The van der Waals surface area contributed by atoms with Crippen molar-refractivity contribution >= 4 is 17.0 Å². The van der Waals surface area contributed by atoms with E-state index in [1.807, 2.05) is 23.1 Å². The number of carbonyl (C=O) groups excluding carboxylic acids is 1. The third kappa shape index (κ3) is 3.34. The number of rotatable bonds is 3. The monoisotopic (exact) mass is 414 g/mol. The van der Waals surface area contributed by atoms with E-state index < -0.39 is 0 Å². The van der Waals surface area contributed by atoms with Gasteiger partial charge in [-0.15, -0.1) is 0 Å². The van der Waals surface area contributed by atoms with Gasteiger partial charge in [0.2, 0.25) is 0 Å². The molecule has 0 unspecified atom stereocenters. The van der Waals surface area contributed by atoms with Crippen LogP contribution in [0.3, 0.4) is 0 Å². The van der Waals surface area contributed by atoms with Crippen molar-refractivity contribution in [2.24, 2.45) is 5.92 Å². The summed E-state index contributed by atoms with van der Waals surface area (Å²) < 4.78 is 10.6. The van der Waals surface area contributed by atoms with Crippen molar-refractivity contribution in [3.05, 3.63) is 84.3 Å². The minimum Gasteiger partial charge on any atom is -0.497 e. The highest BCUT2D eigenvalue weighted by molar-refractivity contribution is 5.79. The second-order valence-electron chi connectivity index (χ2n) is 8.50. The first-order valence-electron chi connectivity index (χ1n) is 10.7. The second kappa shape index (κ2) is 7.73. The van der Waals surface area contributed by atoms with Gasteiger partial charge in [0.25, 0.3) is 0 Å². The number of pyridine rings is 1. The Hall–Kier alpha value is -3.34. The molecular weight excluding hydrogens is 388 g/mol. The summed E-state index contributed by atoms with van der Waals surface area (Å²) in [5.41, 5.74) is 4.64. The number of aromatic nitrogens is 1. The molecule has 0 saturated carbocycles. The fraction of sp³-hybridized carbons (Fsp3) is 0.308. The lowest BCUT2D eigenvalue weighted by molar-refractivity contribution is 0.0699.